The average molecular weight is 366 g/mol. The lowest BCUT2D eigenvalue weighted by atomic mass is 9.93. The zero-order valence-corrected chi connectivity index (χ0v) is 17.2. The predicted molar refractivity (Wildman–Crippen MR) is 98.7 cm³/mol. The van der Waals surface area contributed by atoms with Crippen LogP contribution in [-0.4, -0.2) is 42.2 Å². The molecule has 2 amide bonds. The Balaban J connectivity index is 4.50. The number of hydrogen-bond acceptors (Lipinski definition) is 5. The second kappa shape index (κ2) is 8.97. The van der Waals surface area contributed by atoms with Crippen molar-refractivity contribution in [1.29, 1.82) is 0 Å². The lowest BCUT2D eigenvalue weighted by Crippen LogP contribution is -2.47. The van der Waals surface area contributed by atoms with Crippen LogP contribution in [0.25, 0.3) is 0 Å². The van der Waals surface area contributed by atoms with Gasteiger partial charge in [-0.15, -0.1) is 11.4 Å². The summed E-state index contributed by atoms with van der Waals surface area (Å²) in [6, 6.07) is 0. The maximum atomic E-state index is 11.8. The maximum Gasteiger partial charge on any atom is 0.407 e. The fourth-order valence-electron chi connectivity index (χ4n) is 1.57. The number of nitrogens with one attached hydrogen (secondary N) is 2. The van der Waals surface area contributed by atoms with Gasteiger partial charge in [-0.1, -0.05) is 15.4 Å². The Morgan fingerprint density at radius 2 is 1.22 bits per heavy atom. The summed E-state index contributed by atoms with van der Waals surface area (Å²) in [5, 5.41) is 5.52. The molecule has 0 aliphatic heterocycles. The van der Waals surface area contributed by atoms with E-state index in [1.165, 1.54) is 0 Å². The first-order chi connectivity index (χ1) is 10.3. The van der Waals surface area contributed by atoms with E-state index in [9.17, 15) is 9.59 Å². The maximum absolute atomic E-state index is 11.8. The van der Waals surface area contributed by atoms with Gasteiger partial charge in [-0.3, -0.25) is 0 Å². The SMILES string of the molecule is CC(CNC(=O)OC(C)(C)C)(CNC(=O)OC(C)(C)C)CSP. The van der Waals surface area contributed by atoms with Gasteiger partial charge in [-0.05, 0) is 41.5 Å². The molecule has 0 aliphatic carbocycles. The van der Waals surface area contributed by atoms with E-state index in [1.54, 1.807) is 11.4 Å². The van der Waals surface area contributed by atoms with Crippen molar-refractivity contribution in [2.24, 2.45) is 5.41 Å². The first-order valence-corrected chi connectivity index (χ1v) is 9.98. The van der Waals surface area contributed by atoms with Crippen molar-refractivity contribution in [2.45, 2.75) is 59.7 Å². The minimum absolute atomic E-state index is 0.319. The monoisotopic (exact) mass is 366 g/mol. The number of carbonyl (C=O) groups is 2. The van der Waals surface area contributed by atoms with Crippen LogP contribution >= 0.6 is 19.8 Å². The molecule has 0 bridgehead atoms. The van der Waals surface area contributed by atoms with Crippen LogP contribution in [0.5, 0.6) is 0 Å². The van der Waals surface area contributed by atoms with Crippen molar-refractivity contribution in [1.82, 2.24) is 10.6 Å². The predicted octanol–water partition coefficient (Wildman–Crippen LogP) is 3.57. The second-order valence-corrected chi connectivity index (χ2v) is 9.45. The topological polar surface area (TPSA) is 76.7 Å². The molecule has 0 aromatic heterocycles. The number of hydrogen-bond donors (Lipinski definition) is 2. The van der Waals surface area contributed by atoms with Gasteiger partial charge < -0.3 is 20.1 Å². The van der Waals surface area contributed by atoms with Gasteiger partial charge in [0.2, 0.25) is 0 Å². The second-order valence-electron chi connectivity index (χ2n) is 7.83. The molecule has 0 fully saturated rings. The van der Waals surface area contributed by atoms with Gasteiger partial charge in [0, 0.05) is 24.3 Å². The van der Waals surface area contributed by atoms with E-state index in [-0.39, 0.29) is 5.41 Å². The van der Waals surface area contributed by atoms with Gasteiger partial charge in [0.05, 0.1) is 0 Å². The molecular formula is C15H31N2O4PS. The zero-order valence-electron chi connectivity index (χ0n) is 15.2. The molecule has 0 heterocycles. The molecule has 0 spiro atoms. The molecule has 2 N–H and O–H groups in total. The van der Waals surface area contributed by atoms with Crippen LogP contribution in [0.15, 0.2) is 0 Å². The summed E-state index contributed by atoms with van der Waals surface area (Å²) in [7, 11) is 2.58. The van der Waals surface area contributed by atoms with E-state index < -0.39 is 23.4 Å². The van der Waals surface area contributed by atoms with Gasteiger partial charge in [-0.25, -0.2) is 9.59 Å². The van der Waals surface area contributed by atoms with E-state index >= 15 is 0 Å². The van der Waals surface area contributed by atoms with Gasteiger partial charge in [0.1, 0.15) is 11.2 Å². The fraction of sp³-hybridized carbons (Fsp3) is 0.867. The van der Waals surface area contributed by atoms with Crippen molar-refractivity contribution in [2.75, 3.05) is 18.8 Å². The molecule has 0 rings (SSSR count). The molecule has 6 nitrogen and oxygen atoms in total. The number of ether oxygens (including phenoxy) is 2. The molecule has 0 saturated carbocycles. The van der Waals surface area contributed by atoms with E-state index in [0.717, 1.165) is 5.75 Å². The van der Waals surface area contributed by atoms with Crippen LogP contribution in [0.3, 0.4) is 0 Å². The third-order valence-electron chi connectivity index (χ3n) is 2.55. The number of alkyl carbamates (subject to hydrolysis) is 2. The Labute approximate surface area is 146 Å². The summed E-state index contributed by atoms with van der Waals surface area (Å²) in [5.41, 5.74) is -1.39. The van der Waals surface area contributed by atoms with Crippen LogP contribution < -0.4 is 10.6 Å². The molecule has 0 aromatic rings. The highest BCUT2D eigenvalue weighted by Gasteiger charge is 2.28. The molecular weight excluding hydrogens is 335 g/mol. The molecule has 1 atom stereocenters. The standard InChI is InChI=1S/C15H31N2O4PS/c1-13(2,3)20-11(18)16-8-15(7,10-23-22)9-17-12(19)21-14(4,5)6/h8-10,22H2,1-7H3,(H,16,18)(H,17,19). The van der Waals surface area contributed by atoms with Crippen molar-refractivity contribution in [3.8, 4) is 0 Å². The average Bonchev–Trinajstić information content (AvgIpc) is 2.31. The van der Waals surface area contributed by atoms with E-state index in [0.29, 0.717) is 13.1 Å². The van der Waals surface area contributed by atoms with Crippen LogP contribution in [0.4, 0.5) is 9.59 Å². The van der Waals surface area contributed by atoms with Crippen LogP contribution in [0, 0.1) is 5.41 Å². The summed E-state index contributed by atoms with van der Waals surface area (Å²) < 4.78 is 10.5. The van der Waals surface area contributed by atoms with Gasteiger partial charge >= 0.3 is 12.2 Å². The molecule has 8 heteroatoms. The highest BCUT2D eigenvalue weighted by molar-refractivity contribution is 8.43. The third-order valence-corrected chi connectivity index (χ3v) is 3.91. The molecule has 23 heavy (non-hydrogen) atoms. The molecule has 1 unspecified atom stereocenters. The minimum Gasteiger partial charge on any atom is -0.444 e. The Morgan fingerprint density at radius 3 is 1.48 bits per heavy atom. The van der Waals surface area contributed by atoms with Gasteiger partial charge in [0.25, 0.3) is 0 Å². The van der Waals surface area contributed by atoms with Crippen molar-refractivity contribution in [3.05, 3.63) is 0 Å². The Bertz CT molecular complexity index is 373. The van der Waals surface area contributed by atoms with Crippen molar-refractivity contribution in [3.63, 3.8) is 0 Å². The molecule has 0 aliphatic rings. The number of rotatable bonds is 6. The summed E-state index contributed by atoms with van der Waals surface area (Å²) >= 11 is 1.57. The Morgan fingerprint density at radius 1 is 0.870 bits per heavy atom. The van der Waals surface area contributed by atoms with Crippen molar-refractivity contribution < 1.29 is 19.1 Å². The smallest absolute Gasteiger partial charge is 0.407 e. The van der Waals surface area contributed by atoms with Crippen LogP contribution in [0.1, 0.15) is 48.5 Å². The number of amides is 2. The normalized spacial score (nSPS) is 12.5. The molecule has 136 valence electrons. The zero-order chi connectivity index (χ0) is 18.3. The van der Waals surface area contributed by atoms with E-state index in [1.807, 2.05) is 48.5 Å². The molecule has 0 radical (unpaired) electrons. The molecule has 0 aromatic carbocycles. The summed E-state index contributed by atoms with van der Waals surface area (Å²) in [5.74, 6) is 0.739. The van der Waals surface area contributed by atoms with Crippen LogP contribution in [0.2, 0.25) is 0 Å². The summed E-state index contributed by atoms with van der Waals surface area (Å²) in [4.78, 5) is 23.6. The van der Waals surface area contributed by atoms with E-state index in [2.05, 4.69) is 19.1 Å². The van der Waals surface area contributed by atoms with Gasteiger partial charge in [0.15, 0.2) is 0 Å². The van der Waals surface area contributed by atoms with Crippen LogP contribution in [-0.2, 0) is 9.47 Å². The fourth-order valence-corrected chi connectivity index (χ4v) is 3.38. The first kappa shape index (κ1) is 22.3. The highest BCUT2D eigenvalue weighted by Crippen LogP contribution is 2.25. The van der Waals surface area contributed by atoms with E-state index in [4.69, 9.17) is 9.47 Å². The minimum atomic E-state index is -0.537. The Kier molecular flexibility index (Phi) is 8.71. The third kappa shape index (κ3) is 12.4. The summed E-state index contributed by atoms with van der Waals surface area (Å²) in [6.45, 7) is 13.6. The first-order valence-electron chi connectivity index (χ1n) is 7.52. The lowest BCUT2D eigenvalue weighted by molar-refractivity contribution is 0.0487. The number of carbonyl (C=O) groups excluding carboxylic acids is 2. The van der Waals surface area contributed by atoms with Crippen molar-refractivity contribution >= 4 is 32.0 Å². The lowest BCUT2D eigenvalue weighted by Gasteiger charge is -2.30. The Hall–Kier alpha value is -0.680. The highest BCUT2D eigenvalue weighted by atomic mass is 32.7. The van der Waals surface area contributed by atoms with Gasteiger partial charge in [-0.2, -0.15) is 0 Å². The quantitative estimate of drug-likeness (QED) is 0.703. The largest absolute Gasteiger partial charge is 0.444 e. The molecule has 0 saturated heterocycles. The summed E-state index contributed by atoms with van der Waals surface area (Å²) in [6.07, 6.45) is -0.926.